The summed E-state index contributed by atoms with van der Waals surface area (Å²) in [6, 6.07) is 17.0. The molecule has 2 aromatic rings. The molecule has 0 saturated heterocycles. The van der Waals surface area contributed by atoms with E-state index in [2.05, 4.69) is 12.2 Å². The summed E-state index contributed by atoms with van der Waals surface area (Å²) in [5, 5.41) is 0. The van der Waals surface area contributed by atoms with Crippen molar-refractivity contribution in [2.45, 2.75) is 12.8 Å². The molecular weight excluding hydrogens is 248 g/mol. The molecule has 0 heterocycles. The van der Waals surface area contributed by atoms with Crippen molar-refractivity contribution in [3.05, 3.63) is 72.3 Å². The number of hydrogen-bond acceptors (Lipinski definition) is 2. The molecule has 1 aliphatic carbocycles. The van der Waals surface area contributed by atoms with Crippen LogP contribution < -0.4 is 4.74 Å². The molecule has 0 saturated carbocycles. The number of Topliss-reactive ketones (excluding diaryl/α,β-unsaturated/α-hetero) is 1. The number of hydrogen-bond donors (Lipinski definition) is 0. The summed E-state index contributed by atoms with van der Waals surface area (Å²) in [6.45, 7) is 0. The van der Waals surface area contributed by atoms with Gasteiger partial charge in [-0.1, -0.05) is 30.4 Å². The Morgan fingerprint density at radius 2 is 1.45 bits per heavy atom. The number of allylic oxidation sites excluding steroid dienone is 2. The monoisotopic (exact) mass is 264 g/mol. The molecule has 2 aromatic carbocycles. The van der Waals surface area contributed by atoms with E-state index in [1.807, 2.05) is 54.6 Å². The van der Waals surface area contributed by atoms with E-state index >= 15 is 0 Å². The first-order valence-corrected chi connectivity index (χ1v) is 6.85. The van der Waals surface area contributed by atoms with Gasteiger partial charge < -0.3 is 4.74 Å². The second kappa shape index (κ2) is 5.74. The van der Waals surface area contributed by atoms with E-state index in [0.717, 1.165) is 29.9 Å². The lowest BCUT2D eigenvalue weighted by molar-refractivity contribution is 0.0926. The summed E-state index contributed by atoms with van der Waals surface area (Å²) in [6.07, 6.45) is 5.88. The molecule has 0 aromatic heterocycles. The van der Waals surface area contributed by atoms with E-state index < -0.39 is 0 Å². The predicted molar refractivity (Wildman–Crippen MR) is 79.2 cm³/mol. The highest BCUT2D eigenvalue weighted by Gasteiger charge is 2.20. The van der Waals surface area contributed by atoms with Crippen molar-refractivity contribution in [3.8, 4) is 11.5 Å². The van der Waals surface area contributed by atoms with E-state index in [1.54, 1.807) is 0 Å². The molecule has 0 bridgehead atoms. The fourth-order valence-corrected chi connectivity index (χ4v) is 2.38. The van der Waals surface area contributed by atoms with Crippen LogP contribution in [0, 0.1) is 5.92 Å². The van der Waals surface area contributed by atoms with Crippen LogP contribution in [0.1, 0.15) is 23.2 Å². The fraction of sp³-hybridized carbons (Fsp3) is 0.167. The molecule has 0 amide bonds. The van der Waals surface area contributed by atoms with Gasteiger partial charge in [-0.15, -0.1) is 0 Å². The molecule has 20 heavy (non-hydrogen) atoms. The maximum Gasteiger partial charge on any atom is 0.166 e. The summed E-state index contributed by atoms with van der Waals surface area (Å²) in [5.41, 5.74) is 0.763. The van der Waals surface area contributed by atoms with Crippen LogP contribution in [0.25, 0.3) is 0 Å². The molecule has 0 aliphatic heterocycles. The van der Waals surface area contributed by atoms with Crippen LogP contribution in [-0.2, 0) is 0 Å². The van der Waals surface area contributed by atoms with Gasteiger partial charge in [0.15, 0.2) is 5.78 Å². The van der Waals surface area contributed by atoms with Crippen LogP contribution in [0.4, 0.5) is 0 Å². The highest BCUT2D eigenvalue weighted by molar-refractivity contribution is 5.98. The van der Waals surface area contributed by atoms with Gasteiger partial charge in [-0.25, -0.2) is 0 Å². The highest BCUT2D eigenvalue weighted by Crippen LogP contribution is 2.25. The highest BCUT2D eigenvalue weighted by atomic mass is 16.5. The van der Waals surface area contributed by atoms with Crippen LogP contribution in [0.15, 0.2) is 66.7 Å². The van der Waals surface area contributed by atoms with Gasteiger partial charge in [-0.2, -0.15) is 0 Å². The first-order chi connectivity index (χ1) is 9.83. The lowest BCUT2D eigenvalue weighted by atomic mass is 9.96. The van der Waals surface area contributed by atoms with E-state index in [1.165, 1.54) is 0 Å². The molecule has 1 aliphatic rings. The third-order valence-corrected chi connectivity index (χ3v) is 3.50. The molecule has 0 atom stereocenters. The first-order valence-electron chi connectivity index (χ1n) is 6.85. The Bertz CT molecular complexity index is 604. The standard InChI is InChI=1S/C18H16O2/c19-18(14-6-4-5-7-14)15-10-12-17(13-11-15)20-16-8-2-1-3-9-16/h1-5,8-14H,6-7H2. The average Bonchev–Trinajstić information content (AvgIpc) is 3.03. The lowest BCUT2D eigenvalue weighted by Crippen LogP contribution is -2.11. The summed E-state index contributed by atoms with van der Waals surface area (Å²) >= 11 is 0. The number of benzene rings is 2. The van der Waals surface area contributed by atoms with Gasteiger partial charge >= 0.3 is 0 Å². The molecule has 0 unspecified atom stereocenters. The van der Waals surface area contributed by atoms with Crippen LogP contribution in [0.5, 0.6) is 11.5 Å². The molecule has 0 fully saturated rings. The number of carbonyl (C=O) groups is 1. The zero-order valence-electron chi connectivity index (χ0n) is 11.2. The normalized spacial score (nSPS) is 14.4. The number of ketones is 1. The summed E-state index contributed by atoms with van der Waals surface area (Å²) < 4.78 is 5.71. The second-order valence-corrected chi connectivity index (χ2v) is 4.94. The van der Waals surface area contributed by atoms with Crippen LogP contribution in [0.3, 0.4) is 0 Å². The molecule has 0 spiro atoms. The molecule has 0 N–H and O–H groups in total. The molecule has 100 valence electrons. The number of para-hydroxylation sites is 1. The lowest BCUT2D eigenvalue weighted by Gasteiger charge is -2.09. The van der Waals surface area contributed by atoms with Gasteiger partial charge in [0, 0.05) is 11.5 Å². The maximum atomic E-state index is 12.2. The zero-order valence-corrected chi connectivity index (χ0v) is 11.2. The Kier molecular flexibility index (Phi) is 3.64. The average molecular weight is 264 g/mol. The second-order valence-electron chi connectivity index (χ2n) is 4.94. The van der Waals surface area contributed by atoms with Crippen LogP contribution >= 0.6 is 0 Å². The number of rotatable bonds is 4. The van der Waals surface area contributed by atoms with E-state index in [-0.39, 0.29) is 11.7 Å². The molecule has 3 rings (SSSR count). The van der Waals surface area contributed by atoms with Crippen molar-refractivity contribution >= 4 is 5.78 Å². The van der Waals surface area contributed by atoms with Crippen LogP contribution in [0.2, 0.25) is 0 Å². The number of ether oxygens (including phenoxy) is 1. The van der Waals surface area contributed by atoms with E-state index in [0.29, 0.717) is 0 Å². The van der Waals surface area contributed by atoms with Crippen molar-refractivity contribution in [2.75, 3.05) is 0 Å². The largest absolute Gasteiger partial charge is 0.457 e. The van der Waals surface area contributed by atoms with Crippen molar-refractivity contribution in [1.82, 2.24) is 0 Å². The Morgan fingerprint density at radius 3 is 2.10 bits per heavy atom. The van der Waals surface area contributed by atoms with E-state index in [9.17, 15) is 4.79 Å². The van der Waals surface area contributed by atoms with Crippen molar-refractivity contribution in [2.24, 2.45) is 5.92 Å². The minimum Gasteiger partial charge on any atom is -0.457 e. The Balaban J connectivity index is 1.70. The predicted octanol–water partition coefficient (Wildman–Crippen LogP) is 4.63. The quantitative estimate of drug-likeness (QED) is 0.594. The Morgan fingerprint density at radius 1 is 0.850 bits per heavy atom. The zero-order chi connectivity index (χ0) is 13.8. The number of carbonyl (C=O) groups excluding carboxylic acids is 1. The molecule has 2 heteroatoms. The SMILES string of the molecule is O=C(c1ccc(Oc2ccccc2)cc1)C1CC=CC1. The first kappa shape index (κ1) is 12.7. The Labute approximate surface area is 118 Å². The summed E-state index contributed by atoms with van der Waals surface area (Å²) in [7, 11) is 0. The van der Waals surface area contributed by atoms with Crippen molar-refractivity contribution < 1.29 is 9.53 Å². The smallest absolute Gasteiger partial charge is 0.166 e. The fourth-order valence-electron chi connectivity index (χ4n) is 2.38. The van der Waals surface area contributed by atoms with Gasteiger partial charge in [-0.05, 0) is 49.2 Å². The van der Waals surface area contributed by atoms with Crippen LogP contribution in [-0.4, -0.2) is 5.78 Å². The van der Waals surface area contributed by atoms with Crippen molar-refractivity contribution in [1.29, 1.82) is 0 Å². The summed E-state index contributed by atoms with van der Waals surface area (Å²) in [5.74, 6) is 1.89. The van der Waals surface area contributed by atoms with Gasteiger partial charge in [0.05, 0.1) is 0 Å². The van der Waals surface area contributed by atoms with E-state index in [4.69, 9.17) is 4.74 Å². The Hall–Kier alpha value is -2.35. The summed E-state index contributed by atoms with van der Waals surface area (Å²) in [4.78, 5) is 12.2. The third-order valence-electron chi connectivity index (χ3n) is 3.50. The van der Waals surface area contributed by atoms with Gasteiger partial charge in [-0.3, -0.25) is 4.79 Å². The van der Waals surface area contributed by atoms with Gasteiger partial charge in [0.1, 0.15) is 11.5 Å². The molecule has 0 radical (unpaired) electrons. The third kappa shape index (κ3) is 2.80. The molecule has 2 nitrogen and oxygen atoms in total. The van der Waals surface area contributed by atoms with Crippen molar-refractivity contribution in [3.63, 3.8) is 0 Å². The topological polar surface area (TPSA) is 26.3 Å². The van der Waals surface area contributed by atoms with Gasteiger partial charge in [0.25, 0.3) is 0 Å². The minimum absolute atomic E-state index is 0.121. The minimum atomic E-state index is 0.121. The van der Waals surface area contributed by atoms with Gasteiger partial charge in [0.2, 0.25) is 0 Å². The molecular formula is C18H16O2. The maximum absolute atomic E-state index is 12.2.